The highest BCUT2D eigenvalue weighted by Crippen LogP contribution is 2.31. The van der Waals surface area contributed by atoms with Gasteiger partial charge in [0.1, 0.15) is 0 Å². The molecule has 1 aromatic rings. The Morgan fingerprint density at radius 2 is 1.83 bits per heavy atom. The number of anilines is 1. The molecule has 3 amide bonds. The third-order valence-electron chi connectivity index (χ3n) is 4.21. The van der Waals surface area contributed by atoms with Crippen molar-refractivity contribution in [2.45, 2.75) is 39.2 Å². The first kappa shape index (κ1) is 17.8. The van der Waals surface area contributed by atoms with Crippen molar-refractivity contribution in [1.29, 1.82) is 0 Å². The highest BCUT2D eigenvalue weighted by molar-refractivity contribution is 5.89. The SMILES string of the molecule is CC(=O)NCc1ccc(C2CCN(C(=O)O)CC2)cc1NC(C)=O. The van der Waals surface area contributed by atoms with E-state index in [0.717, 1.165) is 24.0 Å². The Hall–Kier alpha value is -2.57. The van der Waals surface area contributed by atoms with E-state index >= 15 is 0 Å². The Bertz CT molecular complexity index is 637. The Morgan fingerprint density at radius 3 is 2.38 bits per heavy atom. The summed E-state index contributed by atoms with van der Waals surface area (Å²) in [6.07, 6.45) is 0.645. The van der Waals surface area contributed by atoms with Crippen molar-refractivity contribution in [3.8, 4) is 0 Å². The van der Waals surface area contributed by atoms with Crippen LogP contribution in [0.25, 0.3) is 0 Å². The monoisotopic (exact) mass is 333 g/mol. The van der Waals surface area contributed by atoms with Gasteiger partial charge in [-0.3, -0.25) is 9.59 Å². The van der Waals surface area contributed by atoms with E-state index in [4.69, 9.17) is 5.11 Å². The van der Waals surface area contributed by atoms with Gasteiger partial charge in [-0.25, -0.2) is 4.79 Å². The van der Waals surface area contributed by atoms with Crippen molar-refractivity contribution in [3.05, 3.63) is 29.3 Å². The van der Waals surface area contributed by atoms with E-state index < -0.39 is 6.09 Å². The second-order valence-corrected chi connectivity index (χ2v) is 6.05. The van der Waals surface area contributed by atoms with E-state index in [2.05, 4.69) is 10.6 Å². The van der Waals surface area contributed by atoms with Gasteiger partial charge in [-0.15, -0.1) is 0 Å². The van der Waals surface area contributed by atoms with E-state index in [9.17, 15) is 14.4 Å². The molecule has 1 heterocycles. The van der Waals surface area contributed by atoms with Gasteiger partial charge in [-0.1, -0.05) is 12.1 Å². The molecule has 24 heavy (non-hydrogen) atoms. The van der Waals surface area contributed by atoms with Gasteiger partial charge in [0, 0.05) is 39.2 Å². The molecule has 1 aliphatic heterocycles. The van der Waals surface area contributed by atoms with Gasteiger partial charge in [0.25, 0.3) is 0 Å². The lowest BCUT2D eigenvalue weighted by atomic mass is 9.88. The molecule has 7 nitrogen and oxygen atoms in total. The smallest absolute Gasteiger partial charge is 0.407 e. The van der Waals surface area contributed by atoms with E-state index in [-0.39, 0.29) is 17.7 Å². The predicted molar refractivity (Wildman–Crippen MR) is 89.8 cm³/mol. The molecular weight excluding hydrogens is 310 g/mol. The number of nitrogens with zero attached hydrogens (tertiary/aromatic N) is 1. The number of benzene rings is 1. The van der Waals surface area contributed by atoms with Gasteiger partial charge in [0.2, 0.25) is 11.8 Å². The first-order chi connectivity index (χ1) is 11.4. The van der Waals surface area contributed by atoms with Crippen LogP contribution >= 0.6 is 0 Å². The molecule has 3 N–H and O–H groups in total. The lowest BCUT2D eigenvalue weighted by Crippen LogP contribution is -2.36. The lowest BCUT2D eigenvalue weighted by Gasteiger charge is -2.30. The van der Waals surface area contributed by atoms with Gasteiger partial charge in [0.15, 0.2) is 0 Å². The van der Waals surface area contributed by atoms with Crippen molar-refractivity contribution < 1.29 is 19.5 Å². The summed E-state index contributed by atoms with van der Waals surface area (Å²) in [4.78, 5) is 35.0. The average molecular weight is 333 g/mol. The summed E-state index contributed by atoms with van der Waals surface area (Å²) >= 11 is 0. The molecule has 1 fully saturated rings. The lowest BCUT2D eigenvalue weighted by molar-refractivity contribution is -0.119. The fourth-order valence-corrected chi connectivity index (χ4v) is 2.93. The normalized spacial score (nSPS) is 15.0. The summed E-state index contributed by atoms with van der Waals surface area (Å²) in [6.45, 7) is 4.28. The van der Waals surface area contributed by atoms with Gasteiger partial charge < -0.3 is 20.6 Å². The highest BCUT2D eigenvalue weighted by Gasteiger charge is 2.24. The van der Waals surface area contributed by atoms with Crippen LogP contribution in [-0.2, 0) is 16.1 Å². The van der Waals surface area contributed by atoms with E-state index in [0.29, 0.717) is 25.3 Å². The summed E-state index contributed by atoms with van der Waals surface area (Å²) in [5, 5.41) is 14.6. The molecule has 1 aliphatic rings. The summed E-state index contributed by atoms with van der Waals surface area (Å²) in [5.74, 6) is -0.0336. The van der Waals surface area contributed by atoms with Gasteiger partial charge in [0.05, 0.1) is 0 Å². The summed E-state index contributed by atoms with van der Waals surface area (Å²) in [5.41, 5.74) is 2.61. The minimum absolute atomic E-state index is 0.131. The average Bonchev–Trinajstić information content (AvgIpc) is 2.53. The molecule has 0 saturated carbocycles. The van der Waals surface area contributed by atoms with Crippen LogP contribution in [-0.4, -0.2) is 41.0 Å². The molecule has 7 heteroatoms. The van der Waals surface area contributed by atoms with E-state index in [1.54, 1.807) is 0 Å². The Kier molecular flexibility index (Phi) is 5.78. The second-order valence-electron chi connectivity index (χ2n) is 6.05. The molecule has 0 radical (unpaired) electrons. The largest absolute Gasteiger partial charge is 0.465 e. The molecule has 1 saturated heterocycles. The molecule has 1 aromatic carbocycles. The van der Waals surface area contributed by atoms with Crippen molar-refractivity contribution in [2.75, 3.05) is 18.4 Å². The number of rotatable bonds is 4. The standard InChI is InChI=1S/C17H23N3O4/c1-11(21)18-10-15-4-3-14(9-16(15)19-12(2)22)13-5-7-20(8-6-13)17(23)24/h3-4,9,13H,5-8,10H2,1-2H3,(H,18,21)(H,19,22)(H,23,24). The van der Waals surface area contributed by atoms with Crippen LogP contribution in [0.3, 0.4) is 0 Å². The summed E-state index contributed by atoms with van der Waals surface area (Å²) < 4.78 is 0. The van der Waals surface area contributed by atoms with Crippen LogP contribution in [0.4, 0.5) is 10.5 Å². The minimum atomic E-state index is -0.877. The first-order valence-electron chi connectivity index (χ1n) is 7.99. The molecule has 0 unspecified atom stereocenters. The number of carbonyl (C=O) groups is 3. The zero-order valence-corrected chi connectivity index (χ0v) is 14.0. The zero-order chi connectivity index (χ0) is 17.7. The van der Waals surface area contributed by atoms with Gasteiger partial charge in [-0.2, -0.15) is 0 Å². The van der Waals surface area contributed by atoms with Crippen molar-refractivity contribution >= 4 is 23.6 Å². The molecular formula is C17H23N3O4. The van der Waals surface area contributed by atoms with Crippen LogP contribution in [0.1, 0.15) is 43.7 Å². The first-order valence-corrected chi connectivity index (χ1v) is 7.99. The van der Waals surface area contributed by atoms with Crippen LogP contribution in [0, 0.1) is 0 Å². The van der Waals surface area contributed by atoms with Gasteiger partial charge in [-0.05, 0) is 36.0 Å². The fraction of sp³-hybridized carbons (Fsp3) is 0.471. The summed E-state index contributed by atoms with van der Waals surface area (Å²) in [6, 6.07) is 5.82. The molecule has 130 valence electrons. The number of hydrogen-bond acceptors (Lipinski definition) is 3. The molecule has 2 rings (SSSR count). The Balaban J connectivity index is 2.15. The number of likely N-dealkylation sites (tertiary alicyclic amines) is 1. The topological polar surface area (TPSA) is 98.7 Å². The number of carbonyl (C=O) groups excluding carboxylic acids is 2. The number of nitrogens with one attached hydrogen (secondary N) is 2. The maximum atomic E-state index is 11.4. The van der Waals surface area contributed by atoms with Crippen molar-refractivity contribution in [1.82, 2.24) is 10.2 Å². The maximum absolute atomic E-state index is 11.4. The quantitative estimate of drug-likeness (QED) is 0.786. The maximum Gasteiger partial charge on any atom is 0.407 e. The third kappa shape index (κ3) is 4.71. The van der Waals surface area contributed by atoms with Crippen LogP contribution in [0.2, 0.25) is 0 Å². The van der Waals surface area contributed by atoms with Crippen molar-refractivity contribution in [2.24, 2.45) is 0 Å². The zero-order valence-electron chi connectivity index (χ0n) is 14.0. The van der Waals surface area contributed by atoms with Crippen molar-refractivity contribution in [3.63, 3.8) is 0 Å². The van der Waals surface area contributed by atoms with Gasteiger partial charge >= 0.3 is 6.09 Å². The highest BCUT2D eigenvalue weighted by atomic mass is 16.4. The molecule has 0 spiro atoms. The minimum Gasteiger partial charge on any atom is -0.465 e. The Labute approximate surface area is 141 Å². The number of piperidine rings is 1. The van der Waals surface area contributed by atoms with Crippen LogP contribution in [0.5, 0.6) is 0 Å². The van der Waals surface area contributed by atoms with Crippen LogP contribution in [0.15, 0.2) is 18.2 Å². The molecule has 0 aliphatic carbocycles. The third-order valence-corrected chi connectivity index (χ3v) is 4.21. The number of amides is 3. The Morgan fingerprint density at radius 1 is 1.17 bits per heavy atom. The predicted octanol–water partition coefficient (Wildman–Crippen LogP) is 2.14. The fourth-order valence-electron chi connectivity index (χ4n) is 2.93. The second kappa shape index (κ2) is 7.81. The van der Waals surface area contributed by atoms with E-state index in [1.807, 2.05) is 18.2 Å². The number of hydrogen-bond donors (Lipinski definition) is 3. The van der Waals surface area contributed by atoms with E-state index in [1.165, 1.54) is 18.7 Å². The number of carboxylic acid groups (broad SMARTS) is 1. The molecule has 0 bridgehead atoms. The van der Waals surface area contributed by atoms with Crippen LogP contribution < -0.4 is 10.6 Å². The summed E-state index contributed by atoms with van der Waals surface area (Å²) in [7, 11) is 0. The molecule has 0 aromatic heterocycles. The molecule has 0 atom stereocenters.